The summed E-state index contributed by atoms with van der Waals surface area (Å²) in [5.74, 6) is 1.96. The van der Waals surface area contributed by atoms with E-state index in [9.17, 15) is 0 Å². The number of hydrogen-bond acceptors (Lipinski definition) is 4. The maximum atomic E-state index is 6.11. The quantitative estimate of drug-likeness (QED) is 0.606. The van der Waals surface area contributed by atoms with Crippen LogP contribution < -0.4 is 9.47 Å². The van der Waals surface area contributed by atoms with Gasteiger partial charge in [0.05, 0.1) is 27.9 Å². The Balaban J connectivity index is 2.11. The molecule has 0 radical (unpaired) electrons. The standard InChI is InChI=1S/C14H11Br2ClN2O2/c1-7-11(16)13(17)19-14(18-7)8-5-9(15)12-10(6-8)20-3-2-4-21-12/h5-6H,2-4H2,1H3. The molecule has 3 rings (SSSR count). The second-order valence-electron chi connectivity index (χ2n) is 4.57. The van der Waals surface area contributed by atoms with Crippen molar-refractivity contribution in [1.29, 1.82) is 0 Å². The summed E-state index contributed by atoms with van der Waals surface area (Å²) in [6, 6.07) is 3.79. The number of nitrogens with zero attached hydrogens (tertiary/aromatic N) is 2. The zero-order valence-corrected chi connectivity index (χ0v) is 15.0. The number of benzene rings is 1. The van der Waals surface area contributed by atoms with Gasteiger partial charge in [-0.2, -0.15) is 0 Å². The lowest BCUT2D eigenvalue weighted by molar-refractivity contribution is 0.296. The van der Waals surface area contributed by atoms with Crippen molar-refractivity contribution in [2.75, 3.05) is 13.2 Å². The highest BCUT2D eigenvalue weighted by Gasteiger charge is 2.18. The summed E-state index contributed by atoms with van der Waals surface area (Å²) in [5.41, 5.74) is 1.61. The van der Waals surface area contributed by atoms with Crippen molar-refractivity contribution in [1.82, 2.24) is 9.97 Å². The molecule has 0 bridgehead atoms. The summed E-state index contributed by atoms with van der Waals surface area (Å²) in [6.45, 7) is 3.15. The molecule has 2 heterocycles. The lowest BCUT2D eigenvalue weighted by Crippen LogP contribution is -1.97. The number of aromatic nitrogens is 2. The van der Waals surface area contributed by atoms with Gasteiger partial charge in [0.2, 0.25) is 0 Å². The van der Waals surface area contributed by atoms with Gasteiger partial charge in [-0.15, -0.1) is 0 Å². The normalized spacial score (nSPS) is 13.9. The van der Waals surface area contributed by atoms with Crippen molar-refractivity contribution in [3.05, 3.63) is 31.9 Å². The Hall–Kier alpha value is -0.850. The fourth-order valence-electron chi connectivity index (χ4n) is 2.01. The van der Waals surface area contributed by atoms with Crippen molar-refractivity contribution in [3.63, 3.8) is 0 Å². The number of halogens is 3. The summed E-state index contributed by atoms with van der Waals surface area (Å²) in [7, 11) is 0. The van der Waals surface area contributed by atoms with E-state index in [0.717, 1.165) is 27.9 Å². The van der Waals surface area contributed by atoms with Gasteiger partial charge in [-0.1, -0.05) is 11.6 Å². The summed E-state index contributed by atoms with van der Waals surface area (Å²) >= 11 is 13.0. The van der Waals surface area contributed by atoms with Crippen LogP contribution in [0.15, 0.2) is 21.1 Å². The van der Waals surface area contributed by atoms with Gasteiger partial charge < -0.3 is 9.47 Å². The van der Waals surface area contributed by atoms with E-state index in [-0.39, 0.29) is 0 Å². The number of fused-ring (bicyclic) bond motifs is 1. The predicted molar refractivity (Wildman–Crippen MR) is 88.2 cm³/mol. The van der Waals surface area contributed by atoms with Gasteiger partial charge in [-0.3, -0.25) is 0 Å². The Labute approximate surface area is 144 Å². The molecule has 7 heteroatoms. The Morgan fingerprint density at radius 1 is 1.14 bits per heavy atom. The zero-order valence-electron chi connectivity index (χ0n) is 11.1. The molecule has 1 aromatic carbocycles. The van der Waals surface area contributed by atoms with Crippen LogP contribution in [0.1, 0.15) is 12.1 Å². The Morgan fingerprint density at radius 3 is 2.67 bits per heavy atom. The first-order valence-corrected chi connectivity index (χ1v) is 8.32. The van der Waals surface area contributed by atoms with Crippen LogP contribution in [-0.4, -0.2) is 23.2 Å². The van der Waals surface area contributed by atoms with E-state index in [0.29, 0.717) is 34.4 Å². The number of rotatable bonds is 1. The van der Waals surface area contributed by atoms with E-state index < -0.39 is 0 Å². The molecule has 110 valence electrons. The first-order chi connectivity index (χ1) is 10.1. The largest absolute Gasteiger partial charge is 0.489 e. The number of aryl methyl sites for hydroxylation is 1. The Kier molecular flexibility index (Phi) is 4.38. The first-order valence-electron chi connectivity index (χ1n) is 6.35. The van der Waals surface area contributed by atoms with Gasteiger partial charge in [0.25, 0.3) is 0 Å². The second-order valence-corrected chi connectivity index (χ2v) is 6.58. The molecule has 21 heavy (non-hydrogen) atoms. The van der Waals surface area contributed by atoms with Crippen LogP contribution >= 0.6 is 43.5 Å². The van der Waals surface area contributed by atoms with E-state index in [4.69, 9.17) is 21.1 Å². The van der Waals surface area contributed by atoms with E-state index in [1.165, 1.54) is 0 Å². The van der Waals surface area contributed by atoms with Crippen LogP contribution in [0.4, 0.5) is 0 Å². The third-order valence-electron chi connectivity index (χ3n) is 3.04. The molecule has 0 N–H and O–H groups in total. The molecule has 0 spiro atoms. The average Bonchev–Trinajstić information content (AvgIpc) is 2.69. The molecule has 0 saturated carbocycles. The number of hydrogen-bond donors (Lipinski definition) is 0. The van der Waals surface area contributed by atoms with E-state index in [2.05, 4.69) is 41.8 Å². The second kappa shape index (κ2) is 6.10. The van der Waals surface area contributed by atoms with Crippen LogP contribution in [0, 0.1) is 6.92 Å². The third kappa shape index (κ3) is 3.03. The van der Waals surface area contributed by atoms with Gasteiger partial charge in [-0.25, -0.2) is 9.97 Å². The molecule has 0 amide bonds. The van der Waals surface area contributed by atoms with Crippen molar-refractivity contribution in [2.45, 2.75) is 13.3 Å². The fourth-order valence-corrected chi connectivity index (χ4v) is 2.96. The van der Waals surface area contributed by atoms with Gasteiger partial charge in [0, 0.05) is 12.0 Å². The summed E-state index contributed by atoms with van der Waals surface area (Å²) in [6.07, 6.45) is 0.857. The zero-order chi connectivity index (χ0) is 15.0. The maximum absolute atomic E-state index is 6.11. The minimum Gasteiger partial charge on any atom is -0.489 e. The minimum absolute atomic E-state index is 0.390. The molecule has 0 saturated heterocycles. The molecular weight excluding hydrogens is 423 g/mol. The molecule has 1 aromatic heterocycles. The monoisotopic (exact) mass is 432 g/mol. The molecule has 0 unspecified atom stereocenters. The third-order valence-corrected chi connectivity index (χ3v) is 5.08. The average molecular weight is 435 g/mol. The highest BCUT2D eigenvalue weighted by Crippen LogP contribution is 2.40. The molecule has 4 nitrogen and oxygen atoms in total. The molecular formula is C14H11Br2ClN2O2. The van der Waals surface area contributed by atoms with Crippen LogP contribution in [0.3, 0.4) is 0 Å². The first kappa shape index (κ1) is 15.1. The van der Waals surface area contributed by atoms with Gasteiger partial charge in [0.1, 0.15) is 5.15 Å². The van der Waals surface area contributed by atoms with Gasteiger partial charge >= 0.3 is 0 Å². The Morgan fingerprint density at radius 2 is 1.90 bits per heavy atom. The van der Waals surface area contributed by atoms with Crippen molar-refractivity contribution in [3.8, 4) is 22.9 Å². The van der Waals surface area contributed by atoms with E-state index in [1.54, 1.807) is 0 Å². The highest BCUT2D eigenvalue weighted by molar-refractivity contribution is 9.11. The van der Waals surface area contributed by atoms with Crippen molar-refractivity contribution >= 4 is 43.5 Å². The fraction of sp³-hybridized carbons (Fsp3) is 0.286. The molecule has 2 aromatic rings. The van der Waals surface area contributed by atoms with Crippen LogP contribution in [-0.2, 0) is 0 Å². The molecule has 1 aliphatic heterocycles. The molecule has 0 fully saturated rings. The van der Waals surface area contributed by atoms with Gasteiger partial charge in [0.15, 0.2) is 17.3 Å². The summed E-state index contributed by atoms with van der Waals surface area (Å²) < 4.78 is 12.9. The van der Waals surface area contributed by atoms with Crippen LogP contribution in [0.25, 0.3) is 11.4 Å². The topological polar surface area (TPSA) is 44.2 Å². The van der Waals surface area contributed by atoms with E-state index in [1.807, 2.05) is 19.1 Å². The molecule has 0 aliphatic carbocycles. The van der Waals surface area contributed by atoms with Crippen molar-refractivity contribution < 1.29 is 9.47 Å². The van der Waals surface area contributed by atoms with Crippen molar-refractivity contribution in [2.24, 2.45) is 0 Å². The lowest BCUT2D eigenvalue weighted by atomic mass is 10.2. The maximum Gasteiger partial charge on any atom is 0.175 e. The smallest absolute Gasteiger partial charge is 0.175 e. The van der Waals surface area contributed by atoms with Crippen LogP contribution in [0.2, 0.25) is 5.15 Å². The predicted octanol–water partition coefficient (Wildman–Crippen LogP) is 4.79. The van der Waals surface area contributed by atoms with E-state index >= 15 is 0 Å². The lowest BCUT2D eigenvalue weighted by Gasteiger charge is -2.12. The summed E-state index contributed by atoms with van der Waals surface area (Å²) in [5, 5.41) is 0.390. The van der Waals surface area contributed by atoms with Gasteiger partial charge in [-0.05, 0) is 50.9 Å². The molecule has 0 atom stereocenters. The minimum atomic E-state index is 0.390. The highest BCUT2D eigenvalue weighted by atomic mass is 79.9. The molecule has 1 aliphatic rings. The number of ether oxygens (including phenoxy) is 2. The SMILES string of the molecule is Cc1nc(-c2cc(Br)c3c(c2)OCCCO3)nc(Cl)c1Br. The Bertz CT molecular complexity index is 687. The summed E-state index contributed by atoms with van der Waals surface area (Å²) in [4.78, 5) is 8.77. The van der Waals surface area contributed by atoms with Crippen LogP contribution in [0.5, 0.6) is 11.5 Å².